The molecule has 1 aliphatic rings. The molecule has 0 saturated carbocycles. The van der Waals surface area contributed by atoms with Gasteiger partial charge in [0.25, 0.3) is 0 Å². The number of anilines is 1. The highest BCUT2D eigenvalue weighted by Crippen LogP contribution is 2.26. The number of hydrazone groups is 1. The second-order valence-corrected chi connectivity index (χ2v) is 7.20. The summed E-state index contributed by atoms with van der Waals surface area (Å²) >= 11 is 0. The zero-order valence-electron chi connectivity index (χ0n) is 17.5. The average Bonchev–Trinajstić information content (AvgIpc) is 2.73. The average molecular weight is 408 g/mol. The number of aryl methyl sites for hydroxylation is 2. The monoisotopic (exact) mass is 408 g/mol. The second kappa shape index (κ2) is 8.90. The first-order valence-corrected chi connectivity index (χ1v) is 9.63. The van der Waals surface area contributed by atoms with Gasteiger partial charge in [-0.15, -0.1) is 0 Å². The molecule has 1 aliphatic heterocycles. The number of Topliss-reactive ketones (excluding diaryl/α,β-unsaturated/α-hetero) is 1. The lowest BCUT2D eigenvalue weighted by Gasteiger charge is -2.24. The van der Waals surface area contributed by atoms with Gasteiger partial charge in [-0.05, 0) is 56.2 Å². The third kappa shape index (κ3) is 4.56. The summed E-state index contributed by atoms with van der Waals surface area (Å²) in [5.41, 5.74) is 3.79. The molecule has 0 radical (unpaired) electrons. The molecule has 0 atom stereocenters. The lowest BCUT2D eigenvalue weighted by molar-refractivity contribution is -0.137. The van der Waals surface area contributed by atoms with Crippen LogP contribution in [0, 0.1) is 13.8 Å². The Hall–Kier alpha value is -3.48. The fourth-order valence-electron chi connectivity index (χ4n) is 3.17. The number of amides is 1. The van der Waals surface area contributed by atoms with E-state index in [0.717, 1.165) is 11.1 Å². The molecule has 0 aromatic heterocycles. The van der Waals surface area contributed by atoms with Crippen molar-refractivity contribution in [1.82, 2.24) is 0 Å². The maximum atomic E-state index is 12.6. The van der Waals surface area contributed by atoms with E-state index in [1.807, 2.05) is 32.0 Å². The van der Waals surface area contributed by atoms with Gasteiger partial charge in [0.05, 0.1) is 12.8 Å². The zero-order chi connectivity index (χ0) is 21.8. The number of ketones is 1. The van der Waals surface area contributed by atoms with Crippen LogP contribution < -0.4 is 9.75 Å². The Morgan fingerprint density at radius 2 is 1.87 bits per heavy atom. The Kier molecular flexibility index (Phi) is 6.30. The number of esters is 1. The largest absolute Gasteiger partial charge is 0.496 e. The number of hydrogen-bond acceptors (Lipinski definition) is 6. The Balaban J connectivity index is 1.80. The molecule has 0 spiro atoms. The summed E-state index contributed by atoms with van der Waals surface area (Å²) in [6.07, 6.45) is 0.383. The minimum absolute atomic E-state index is 0.0699. The molecular formula is C23H24N2O5. The first-order chi connectivity index (χ1) is 14.3. The first-order valence-electron chi connectivity index (χ1n) is 9.63. The molecule has 0 fully saturated rings. The van der Waals surface area contributed by atoms with E-state index in [1.54, 1.807) is 18.2 Å². The summed E-state index contributed by atoms with van der Waals surface area (Å²) in [5.74, 6) is -0.348. The molecule has 0 unspecified atom stereocenters. The van der Waals surface area contributed by atoms with Crippen molar-refractivity contribution in [1.29, 1.82) is 0 Å². The zero-order valence-corrected chi connectivity index (χ0v) is 17.5. The SMILES string of the molecule is COc1ccc(C(C)=O)cc1COC(=O)C1=NN(c2cc(C)ccc2C)C(=O)CC1. The number of methoxy groups -OCH3 is 1. The fourth-order valence-corrected chi connectivity index (χ4v) is 3.17. The highest BCUT2D eigenvalue weighted by atomic mass is 16.5. The van der Waals surface area contributed by atoms with Crippen LogP contribution in [0.2, 0.25) is 0 Å². The van der Waals surface area contributed by atoms with Gasteiger partial charge in [0.2, 0.25) is 5.91 Å². The van der Waals surface area contributed by atoms with Crippen molar-refractivity contribution in [3.05, 3.63) is 58.7 Å². The Morgan fingerprint density at radius 3 is 2.57 bits per heavy atom. The molecule has 30 heavy (non-hydrogen) atoms. The molecule has 2 aromatic carbocycles. The van der Waals surface area contributed by atoms with Crippen LogP contribution in [0.4, 0.5) is 5.69 Å². The van der Waals surface area contributed by atoms with Crippen molar-refractivity contribution in [2.24, 2.45) is 5.10 Å². The van der Waals surface area contributed by atoms with E-state index >= 15 is 0 Å². The summed E-state index contributed by atoms with van der Waals surface area (Å²) in [5, 5.41) is 5.55. The van der Waals surface area contributed by atoms with Crippen LogP contribution in [0.15, 0.2) is 41.5 Å². The number of ether oxygens (including phenoxy) is 2. The van der Waals surface area contributed by atoms with Gasteiger partial charge in [-0.3, -0.25) is 9.59 Å². The second-order valence-electron chi connectivity index (χ2n) is 7.20. The predicted molar refractivity (Wildman–Crippen MR) is 113 cm³/mol. The van der Waals surface area contributed by atoms with E-state index in [-0.39, 0.29) is 36.9 Å². The van der Waals surface area contributed by atoms with E-state index in [2.05, 4.69) is 5.10 Å². The minimum Gasteiger partial charge on any atom is -0.496 e. The van der Waals surface area contributed by atoms with Crippen LogP contribution in [0.3, 0.4) is 0 Å². The van der Waals surface area contributed by atoms with E-state index in [9.17, 15) is 14.4 Å². The number of carbonyl (C=O) groups excluding carboxylic acids is 3. The minimum atomic E-state index is -0.604. The maximum Gasteiger partial charge on any atom is 0.354 e. The topological polar surface area (TPSA) is 85.3 Å². The van der Waals surface area contributed by atoms with Crippen LogP contribution in [-0.2, 0) is 20.9 Å². The molecule has 0 saturated heterocycles. The quantitative estimate of drug-likeness (QED) is 0.537. The Bertz CT molecular complexity index is 1040. The smallest absolute Gasteiger partial charge is 0.354 e. The first kappa shape index (κ1) is 21.2. The van der Waals surface area contributed by atoms with Gasteiger partial charge in [-0.2, -0.15) is 10.1 Å². The number of hydrogen-bond donors (Lipinski definition) is 0. The summed E-state index contributed by atoms with van der Waals surface area (Å²) in [4.78, 5) is 36.7. The third-order valence-corrected chi connectivity index (χ3v) is 4.91. The summed E-state index contributed by atoms with van der Waals surface area (Å²) < 4.78 is 10.7. The third-order valence-electron chi connectivity index (χ3n) is 4.91. The molecule has 7 nitrogen and oxygen atoms in total. The fraction of sp³-hybridized carbons (Fsp3) is 0.304. The van der Waals surface area contributed by atoms with Crippen molar-refractivity contribution >= 4 is 29.1 Å². The van der Waals surface area contributed by atoms with Gasteiger partial charge in [-0.1, -0.05) is 12.1 Å². The van der Waals surface area contributed by atoms with Gasteiger partial charge < -0.3 is 9.47 Å². The van der Waals surface area contributed by atoms with Crippen molar-refractivity contribution in [2.45, 2.75) is 40.2 Å². The molecule has 2 aromatic rings. The maximum absolute atomic E-state index is 12.6. The molecule has 0 N–H and O–H groups in total. The standard InChI is InChI=1S/C23H24N2O5/c1-14-5-6-15(2)20(11-14)25-22(27)10-8-19(24-25)23(28)30-13-18-12-17(16(3)26)7-9-21(18)29-4/h5-7,9,11-12H,8,10,13H2,1-4H3. The highest BCUT2D eigenvalue weighted by molar-refractivity contribution is 6.38. The van der Waals surface area contributed by atoms with Gasteiger partial charge in [0, 0.05) is 24.0 Å². The van der Waals surface area contributed by atoms with Crippen LogP contribution in [-0.4, -0.2) is 30.5 Å². The number of rotatable bonds is 6. The van der Waals surface area contributed by atoms with Crippen molar-refractivity contribution in [2.75, 3.05) is 12.1 Å². The van der Waals surface area contributed by atoms with Crippen LogP contribution in [0.1, 0.15) is 46.8 Å². The highest BCUT2D eigenvalue weighted by Gasteiger charge is 2.27. The van der Waals surface area contributed by atoms with Gasteiger partial charge >= 0.3 is 5.97 Å². The van der Waals surface area contributed by atoms with Crippen LogP contribution in [0.25, 0.3) is 0 Å². The summed E-state index contributed by atoms with van der Waals surface area (Å²) in [7, 11) is 1.51. The predicted octanol–water partition coefficient (Wildman–Crippen LogP) is 3.74. The molecule has 0 bridgehead atoms. The summed E-state index contributed by atoms with van der Waals surface area (Å²) in [6, 6.07) is 10.7. The Labute approximate surface area is 175 Å². The van der Waals surface area contributed by atoms with E-state index in [1.165, 1.54) is 19.0 Å². The van der Waals surface area contributed by atoms with E-state index in [4.69, 9.17) is 9.47 Å². The molecule has 0 aliphatic carbocycles. The molecule has 7 heteroatoms. The van der Waals surface area contributed by atoms with Crippen molar-refractivity contribution < 1.29 is 23.9 Å². The summed E-state index contributed by atoms with van der Waals surface area (Å²) in [6.45, 7) is 5.21. The number of carbonyl (C=O) groups is 3. The van der Waals surface area contributed by atoms with Gasteiger partial charge in [0.15, 0.2) is 5.78 Å². The molecule has 1 amide bonds. The van der Waals surface area contributed by atoms with Gasteiger partial charge in [-0.25, -0.2) is 4.79 Å². The molecule has 3 rings (SSSR count). The van der Waals surface area contributed by atoms with E-state index in [0.29, 0.717) is 22.6 Å². The normalized spacial score (nSPS) is 13.7. The van der Waals surface area contributed by atoms with E-state index < -0.39 is 5.97 Å². The van der Waals surface area contributed by atoms with Crippen molar-refractivity contribution in [3.63, 3.8) is 0 Å². The Morgan fingerprint density at radius 1 is 1.10 bits per heavy atom. The number of nitrogens with zero attached hydrogens (tertiary/aromatic N) is 2. The lowest BCUT2D eigenvalue weighted by atomic mass is 10.1. The molecule has 1 heterocycles. The van der Waals surface area contributed by atoms with Crippen molar-refractivity contribution in [3.8, 4) is 5.75 Å². The number of benzene rings is 2. The lowest BCUT2D eigenvalue weighted by Crippen LogP contribution is -2.35. The van der Waals surface area contributed by atoms with Crippen LogP contribution >= 0.6 is 0 Å². The molecular weight excluding hydrogens is 384 g/mol. The van der Waals surface area contributed by atoms with Crippen LogP contribution in [0.5, 0.6) is 5.75 Å². The van der Waals surface area contributed by atoms with Gasteiger partial charge in [0.1, 0.15) is 18.1 Å². The molecule has 156 valence electrons.